The molecule has 2 amide bonds. The fraction of sp³-hybridized carbons (Fsp3) is 0.850. The molecular weight excluding hydrogens is 332 g/mol. The van der Waals surface area contributed by atoms with E-state index in [1.165, 1.54) is 32.1 Å². The largest absolute Gasteiger partial charge is 0.480 e. The van der Waals surface area contributed by atoms with Crippen LogP contribution in [0.25, 0.3) is 0 Å². The van der Waals surface area contributed by atoms with Crippen LogP contribution in [0.4, 0.5) is 0 Å². The molecule has 148 valence electrons. The van der Waals surface area contributed by atoms with Gasteiger partial charge in [-0.15, -0.1) is 0 Å². The number of carboxylic acids is 1. The third-order valence-electron chi connectivity index (χ3n) is 5.89. The van der Waals surface area contributed by atoms with E-state index >= 15 is 0 Å². The summed E-state index contributed by atoms with van der Waals surface area (Å²) in [5.41, 5.74) is 0. The van der Waals surface area contributed by atoms with Crippen LogP contribution < -0.4 is 10.6 Å². The molecular formula is C20H34N2O4. The lowest BCUT2D eigenvalue weighted by Gasteiger charge is -2.30. The molecule has 3 N–H and O–H groups in total. The summed E-state index contributed by atoms with van der Waals surface area (Å²) < 4.78 is 0. The van der Waals surface area contributed by atoms with Gasteiger partial charge in [0.25, 0.3) is 0 Å². The molecule has 0 bridgehead atoms. The van der Waals surface area contributed by atoms with Crippen molar-refractivity contribution in [2.24, 2.45) is 17.8 Å². The Morgan fingerprint density at radius 1 is 0.962 bits per heavy atom. The Kier molecular flexibility index (Phi) is 7.91. The molecule has 0 aromatic heterocycles. The zero-order valence-corrected chi connectivity index (χ0v) is 16.1. The third-order valence-corrected chi connectivity index (χ3v) is 5.89. The number of nitrogens with one attached hydrogen (secondary N) is 2. The van der Waals surface area contributed by atoms with Crippen molar-refractivity contribution >= 4 is 17.8 Å². The Morgan fingerprint density at radius 3 is 2.12 bits per heavy atom. The van der Waals surface area contributed by atoms with E-state index in [4.69, 9.17) is 0 Å². The number of carbonyl (C=O) groups is 3. The van der Waals surface area contributed by atoms with Crippen molar-refractivity contribution in [3.05, 3.63) is 0 Å². The van der Waals surface area contributed by atoms with E-state index in [1.807, 2.05) is 0 Å². The Balaban J connectivity index is 1.71. The zero-order chi connectivity index (χ0) is 19.1. The number of rotatable bonds is 7. The first-order chi connectivity index (χ1) is 12.4. The summed E-state index contributed by atoms with van der Waals surface area (Å²) in [7, 11) is 0. The minimum absolute atomic E-state index is 0.146. The molecule has 6 heteroatoms. The molecule has 2 fully saturated rings. The van der Waals surface area contributed by atoms with Crippen LogP contribution in [0.15, 0.2) is 0 Å². The maximum atomic E-state index is 12.3. The molecule has 1 atom stereocenters. The highest BCUT2D eigenvalue weighted by Gasteiger charge is 2.31. The van der Waals surface area contributed by atoms with E-state index in [9.17, 15) is 19.5 Å². The second kappa shape index (κ2) is 9.93. The van der Waals surface area contributed by atoms with Crippen molar-refractivity contribution < 1.29 is 19.5 Å². The van der Waals surface area contributed by atoms with Gasteiger partial charge in [-0.05, 0) is 50.4 Å². The summed E-state index contributed by atoms with van der Waals surface area (Å²) in [5.74, 6) is -0.769. The van der Waals surface area contributed by atoms with E-state index in [0.29, 0.717) is 25.2 Å². The van der Waals surface area contributed by atoms with Crippen LogP contribution in [0.5, 0.6) is 0 Å². The van der Waals surface area contributed by atoms with Crippen LogP contribution in [0.1, 0.15) is 78.1 Å². The molecule has 2 saturated carbocycles. The predicted octanol–water partition coefficient (Wildman–Crippen LogP) is 2.86. The minimum Gasteiger partial charge on any atom is -0.480 e. The highest BCUT2D eigenvalue weighted by molar-refractivity contribution is 5.85. The maximum absolute atomic E-state index is 12.3. The molecule has 2 aliphatic carbocycles. The van der Waals surface area contributed by atoms with Gasteiger partial charge in [-0.1, -0.05) is 33.1 Å². The Hall–Kier alpha value is -1.59. The molecule has 1 unspecified atom stereocenters. The van der Waals surface area contributed by atoms with E-state index in [-0.39, 0.29) is 29.7 Å². The standard InChI is InChI=1S/C20H34N2O4/c1-13(2)18(20(25)26)22-19(24)15-8-10-16(11-9-15)21-17(23)12-14-6-4-3-5-7-14/h13-16,18H,3-12H2,1-2H3,(H,21,23)(H,22,24)(H,25,26). The SMILES string of the molecule is CC(C)C(NC(=O)C1CCC(NC(=O)CC2CCCCC2)CC1)C(=O)O. The van der Waals surface area contributed by atoms with Crippen molar-refractivity contribution in [2.75, 3.05) is 0 Å². The van der Waals surface area contributed by atoms with Crippen molar-refractivity contribution in [3.8, 4) is 0 Å². The third kappa shape index (κ3) is 6.29. The van der Waals surface area contributed by atoms with Gasteiger partial charge < -0.3 is 15.7 Å². The van der Waals surface area contributed by atoms with Gasteiger partial charge in [-0.25, -0.2) is 4.79 Å². The van der Waals surface area contributed by atoms with Crippen molar-refractivity contribution in [1.29, 1.82) is 0 Å². The van der Waals surface area contributed by atoms with Crippen molar-refractivity contribution in [2.45, 2.75) is 90.1 Å². The molecule has 6 nitrogen and oxygen atoms in total. The Bertz CT molecular complexity index is 492. The topological polar surface area (TPSA) is 95.5 Å². The highest BCUT2D eigenvalue weighted by atomic mass is 16.4. The Morgan fingerprint density at radius 2 is 1.58 bits per heavy atom. The summed E-state index contributed by atoms with van der Waals surface area (Å²) in [6.45, 7) is 3.58. The lowest BCUT2D eigenvalue weighted by Crippen LogP contribution is -2.48. The van der Waals surface area contributed by atoms with Crippen LogP contribution in [-0.2, 0) is 14.4 Å². The number of hydrogen-bond acceptors (Lipinski definition) is 3. The van der Waals surface area contributed by atoms with E-state index < -0.39 is 12.0 Å². The van der Waals surface area contributed by atoms with Gasteiger partial charge in [-0.3, -0.25) is 9.59 Å². The Labute approximate surface area is 156 Å². The zero-order valence-electron chi connectivity index (χ0n) is 16.1. The number of hydrogen-bond donors (Lipinski definition) is 3. The molecule has 26 heavy (non-hydrogen) atoms. The second-order valence-electron chi connectivity index (χ2n) is 8.39. The molecule has 0 spiro atoms. The number of aliphatic carboxylic acids is 1. The van der Waals surface area contributed by atoms with Crippen LogP contribution in [-0.4, -0.2) is 35.0 Å². The van der Waals surface area contributed by atoms with Gasteiger partial charge in [-0.2, -0.15) is 0 Å². The molecule has 0 radical (unpaired) electrons. The predicted molar refractivity (Wildman–Crippen MR) is 99.5 cm³/mol. The first-order valence-electron chi connectivity index (χ1n) is 10.2. The quantitative estimate of drug-likeness (QED) is 0.645. The van der Waals surface area contributed by atoms with E-state index in [1.54, 1.807) is 13.8 Å². The lowest BCUT2D eigenvalue weighted by molar-refractivity contribution is -0.144. The molecule has 2 aliphatic rings. The average molecular weight is 367 g/mol. The first kappa shape index (κ1) is 20.7. The molecule has 2 rings (SSSR count). The van der Waals surface area contributed by atoms with Gasteiger partial charge in [0.1, 0.15) is 6.04 Å². The van der Waals surface area contributed by atoms with Gasteiger partial charge >= 0.3 is 5.97 Å². The number of amides is 2. The number of carbonyl (C=O) groups excluding carboxylic acids is 2. The normalized spacial score (nSPS) is 25.5. The smallest absolute Gasteiger partial charge is 0.326 e. The summed E-state index contributed by atoms with van der Waals surface area (Å²) in [5, 5.41) is 15.0. The summed E-state index contributed by atoms with van der Waals surface area (Å²) >= 11 is 0. The molecule has 0 aromatic carbocycles. The first-order valence-corrected chi connectivity index (χ1v) is 10.2. The maximum Gasteiger partial charge on any atom is 0.326 e. The van der Waals surface area contributed by atoms with Crippen LogP contribution in [0.3, 0.4) is 0 Å². The average Bonchev–Trinajstić information content (AvgIpc) is 2.60. The lowest BCUT2D eigenvalue weighted by atomic mass is 9.84. The fourth-order valence-electron chi connectivity index (χ4n) is 4.22. The fourth-order valence-corrected chi connectivity index (χ4v) is 4.22. The van der Waals surface area contributed by atoms with Crippen LogP contribution in [0.2, 0.25) is 0 Å². The summed E-state index contributed by atoms with van der Waals surface area (Å²) in [4.78, 5) is 35.8. The van der Waals surface area contributed by atoms with Gasteiger partial charge in [0.2, 0.25) is 11.8 Å². The molecule has 0 heterocycles. The second-order valence-corrected chi connectivity index (χ2v) is 8.39. The number of carboxylic acid groups (broad SMARTS) is 1. The summed E-state index contributed by atoms with van der Waals surface area (Å²) in [6.07, 6.45) is 9.72. The van der Waals surface area contributed by atoms with Crippen LogP contribution in [0, 0.1) is 17.8 Å². The van der Waals surface area contributed by atoms with E-state index in [0.717, 1.165) is 12.8 Å². The van der Waals surface area contributed by atoms with Crippen LogP contribution >= 0.6 is 0 Å². The minimum atomic E-state index is -0.989. The molecule has 0 saturated heterocycles. The van der Waals surface area contributed by atoms with Crippen molar-refractivity contribution in [1.82, 2.24) is 10.6 Å². The van der Waals surface area contributed by atoms with E-state index in [2.05, 4.69) is 10.6 Å². The van der Waals surface area contributed by atoms with Gasteiger partial charge in [0.05, 0.1) is 0 Å². The molecule has 0 aromatic rings. The monoisotopic (exact) mass is 366 g/mol. The highest BCUT2D eigenvalue weighted by Crippen LogP contribution is 2.28. The van der Waals surface area contributed by atoms with Gasteiger partial charge in [0.15, 0.2) is 0 Å². The molecule has 0 aliphatic heterocycles. The van der Waals surface area contributed by atoms with Gasteiger partial charge in [0, 0.05) is 18.4 Å². The van der Waals surface area contributed by atoms with Crippen molar-refractivity contribution in [3.63, 3.8) is 0 Å². The summed E-state index contributed by atoms with van der Waals surface area (Å²) in [6, 6.07) is -0.689.